The molecule has 2 aliphatic rings. The number of nitrogens with one attached hydrogen (secondary N) is 2. The molecular formula is C22H16F3N5O3. The van der Waals surface area contributed by atoms with Crippen LogP contribution in [0.4, 0.5) is 24.7 Å². The van der Waals surface area contributed by atoms with Crippen LogP contribution in [0.2, 0.25) is 0 Å². The second-order valence-electron chi connectivity index (χ2n) is 7.61. The summed E-state index contributed by atoms with van der Waals surface area (Å²) in [7, 11) is 0. The van der Waals surface area contributed by atoms with Crippen molar-refractivity contribution in [3.05, 3.63) is 65.4 Å². The van der Waals surface area contributed by atoms with Crippen molar-refractivity contribution in [3.8, 4) is 17.6 Å². The first-order valence-corrected chi connectivity index (χ1v) is 9.95. The SMILES string of the molecule is N#Cc1ccc(NC(=O)c2cc3n(n2)[C@H](C(F)(F)F)C[C@H](c2ccc4c(c2)OCO4)N3)cc1. The van der Waals surface area contributed by atoms with E-state index in [4.69, 9.17) is 14.7 Å². The van der Waals surface area contributed by atoms with Crippen molar-refractivity contribution in [1.29, 1.82) is 5.26 Å². The molecule has 11 heteroatoms. The molecule has 8 nitrogen and oxygen atoms in total. The standard InChI is InChI=1S/C22H16F3N5O3/c23-22(24,25)19-8-15(13-3-6-17-18(7-13)33-11-32-17)28-20-9-16(29-30(19)20)21(31)27-14-4-1-12(10-26)2-5-14/h1-7,9,15,19,28H,8,11H2,(H,27,31)/t15-,19+/m1/s1. The number of fused-ring (bicyclic) bond motifs is 2. The van der Waals surface area contributed by atoms with E-state index >= 15 is 0 Å². The van der Waals surface area contributed by atoms with E-state index in [9.17, 15) is 18.0 Å². The maximum absolute atomic E-state index is 13.9. The number of aromatic nitrogens is 2. The Kier molecular flexibility index (Phi) is 4.85. The smallest absolute Gasteiger partial charge is 0.410 e. The summed E-state index contributed by atoms with van der Waals surface area (Å²) in [6, 6.07) is 11.7. The minimum absolute atomic E-state index is 0.0620. The first-order chi connectivity index (χ1) is 15.8. The lowest BCUT2D eigenvalue weighted by Gasteiger charge is -2.33. The van der Waals surface area contributed by atoms with Gasteiger partial charge in [0.25, 0.3) is 5.91 Å². The third-order valence-corrected chi connectivity index (χ3v) is 5.49. The van der Waals surface area contributed by atoms with Gasteiger partial charge < -0.3 is 20.1 Å². The monoisotopic (exact) mass is 455 g/mol. The summed E-state index contributed by atoms with van der Waals surface area (Å²) in [5.41, 5.74) is 1.24. The molecule has 2 aliphatic heterocycles. The van der Waals surface area contributed by atoms with Crippen molar-refractivity contribution in [2.45, 2.75) is 24.7 Å². The highest BCUT2D eigenvalue weighted by Gasteiger charge is 2.47. The van der Waals surface area contributed by atoms with Crippen LogP contribution >= 0.6 is 0 Å². The Morgan fingerprint density at radius 2 is 1.91 bits per heavy atom. The highest BCUT2D eigenvalue weighted by molar-refractivity contribution is 6.03. The number of nitriles is 1. The number of carbonyl (C=O) groups is 1. The number of benzene rings is 2. The van der Waals surface area contributed by atoms with Crippen LogP contribution in [0.3, 0.4) is 0 Å². The Morgan fingerprint density at radius 1 is 1.15 bits per heavy atom. The number of anilines is 2. The van der Waals surface area contributed by atoms with Gasteiger partial charge in [-0.25, -0.2) is 4.68 Å². The normalized spacial score (nSPS) is 18.7. The summed E-state index contributed by atoms with van der Waals surface area (Å²) in [5.74, 6) is 0.424. The molecule has 2 atom stereocenters. The number of ether oxygens (including phenoxy) is 2. The van der Waals surface area contributed by atoms with Gasteiger partial charge in [0.05, 0.1) is 17.7 Å². The summed E-state index contributed by atoms with van der Waals surface area (Å²) in [6.45, 7) is 0.0620. The maximum Gasteiger partial charge on any atom is 0.410 e. The molecule has 0 radical (unpaired) electrons. The number of rotatable bonds is 3. The summed E-state index contributed by atoms with van der Waals surface area (Å²) in [6.07, 6.45) is -4.88. The fourth-order valence-electron chi connectivity index (χ4n) is 3.86. The van der Waals surface area contributed by atoms with E-state index in [2.05, 4.69) is 15.7 Å². The minimum atomic E-state index is -4.57. The van der Waals surface area contributed by atoms with Gasteiger partial charge in [-0.3, -0.25) is 4.79 Å². The molecule has 0 aliphatic carbocycles. The van der Waals surface area contributed by atoms with Crippen LogP contribution in [-0.4, -0.2) is 28.7 Å². The van der Waals surface area contributed by atoms with Crippen LogP contribution in [-0.2, 0) is 0 Å². The van der Waals surface area contributed by atoms with Gasteiger partial charge in [-0.05, 0) is 42.0 Å². The van der Waals surface area contributed by atoms with E-state index < -0.39 is 24.2 Å². The van der Waals surface area contributed by atoms with E-state index in [0.717, 1.165) is 4.68 Å². The average molecular weight is 455 g/mol. The molecule has 5 rings (SSSR count). The summed E-state index contributed by atoms with van der Waals surface area (Å²) >= 11 is 0. The lowest BCUT2D eigenvalue weighted by atomic mass is 9.96. The van der Waals surface area contributed by atoms with Gasteiger partial charge in [0, 0.05) is 18.2 Å². The van der Waals surface area contributed by atoms with Crippen LogP contribution in [0.5, 0.6) is 11.5 Å². The van der Waals surface area contributed by atoms with Crippen molar-refractivity contribution in [2.24, 2.45) is 0 Å². The number of halogens is 3. The number of alkyl halides is 3. The zero-order chi connectivity index (χ0) is 23.2. The van der Waals surface area contributed by atoms with Crippen LogP contribution in [0.1, 0.15) is 40.1 Å². The Hall–Kier alpha value is -4.20. The van der Waals surface area contributed by atoms with Crippen molar-refractivity contribution >= 4 is 17.4 Å². The number of carbonyl (C=O) groups excluding carboxylic acids is 1. The minimum Gasteiger partial charge on any atom is -0.454 e. The highest BCUT2D eigenvalue weighted by Crippen LogP contribution is 2.45. The molecule has 0 saturated carbocycles. The van der Waals surface area contributed by atoms with E-state index in [1.165, 1.54) is 30.3 Å². The molecule has 3 heterocycles. The van der Waals surface area contributed by atoms with E-state index in [1.54, 1.807) is 18.2 Å². The van der Waals surface area contributed by atoms with Gasteiger partial charge in [-0.1, -0.05) is 6.07 Å². The molecule has 2 aromatic carbocycles. The van der Waals surface area contributed by atoms with Crippen molar-refractivity contribution in [3.63, 3.8) is 0 Å². The van der Waals surface area contributed by atoms with Crippen molar-refractivity contribution in [2.75, 3.05) is 17.4 Å². The average Bonchev–Trinajstić information content (AvgIpc) is 3.44. The zero-order valence-corrected chi connectivity index (χ0v) is 16.9. The highest BCUT2D eigenvalue weighted by atomic mass is 19.4. The lowest BCUT2D eigenvalue weighted by molar-refractivity contribution is -0.173. The number of hydrogen-bond donors (Lipinski definition) is 2. The third-order valence-electron chi connectivity index (χ3n) is 5.49. The maximum atomic E-state index is 13.9. The molecule has 0 fully saturated rings. The van der Waals surface area contributed by atoms with Gasteiger partial charge >= 0.3 is 6.18 Å². The molecule has 0 spiro atoms. The Labute approximate surface area is 185 Å². The van der Waals surface area contributed by atoms with E-state index in [1.807, 2.05) is 6.07 Å². The predicted octanol–water partition coefficient (Wildman–Crippen LogP) is 4.40. The molecule has 1 aromatic heterocycles. The first kappa shape index (κ1) is 20.7. The molecule has 3 aromatic rings. The summed E-state index contributed by atoms with van der Waals surface area (Å²) in [5, 5.41) is 18.4. The molecule has 0 bridgehead atoms. The molecule has 168 valence electrons. The first-order valence-electron chi connectivity index (χ1n) is 9.95. The topological polar surface area (TPSA) is 101 Å². The van der Waals surface area contributed by atoms with Crippen LogP contribution in [0.15, 0.2) is 48.5 Å². The van der Waals surface area contributed by atoms with Crippen LogP contribution in [0.25, 0.3) is 0 Å². The van der Waals surface area contributed by atoms with Gasteiger partial charge in [-0.2, -0.15) is 23.5 Å². The molecule has 0 unspecified atom stereocenters. The largest absolute Gasteiger partial charge is 0.454 e. The van der Waals surface area contributed by atoms with Gasteiger partial charge in [0.1, 0.15) is 5.82 Å². The van der Waals surface area contributed by atoms with E-state index in [0.29, 0.717) is 28.3 Å². The second-order valence-corrected chi connectivity index (χ2v) is 7.61. The Morgan fingerprint density at radius 3 is 2.64 bits per heavy atom. The number of hydrogen-bond acceptors (Lipinski definition) is 6. The number of amides is 1. The molecule has 1 amide bonds. The summed E-state index contributed by atoms with van der Waals surface area (Å²) in [4.78, 5) is 12.6. The zero-order valence-electron chi connectivity index (χ0n) is 16.9. The van der Waals surface area contributed by atoms with Gasteiger partial charge in [0.15, 0.2) is 23.2 Å². The molecule has 2 N–H and O–H groups in total. The lowest BCUT2D eigenvalue weighted by Crippen LogP contribution is -2.35. The van der Waals surface area contributed by atoms with Crippen molar-refractivity contribution < 1.29 is 27.4 Å². The van der Waals surface area contributed by atoms with Gasteiger partial charge in [0.2, 0.25) is 6.79 Å². The fourth-order valence-corrected chi connectivity index (χ4v) is 3.86. The Bertz CT molecular complexity index is 1260. The van der Waals surface area contributed by atoms with Crippen molar-refractivity contribution in [1.82, 2.24) is 9.78 Å². The van der Waals surface area contributed by atoms with Crippen LogP contribution in [0, 0.1) is 11.3 Å². The summed E-state index contributed by atoms with van der Waals surface area (Å²) < 4.78 is 53.1. The molecule has 33 heavy (non-hydrogen) atoms. The van der Waals surface area contributed by atoms with E-state index in [-0.39, 0.29) is 24.7 Å². The van der Waals surface area contributed by atoms with Gasteiger partial charge in [-0.15, -0.1) is 0 Å². The quantitative estimate of drug-likeness (QED) is 0.607. The second kappa shape index (κ2) is 7.74. The van der Waals surface area contributed by atoms with Crippen LogP contribution < -0.4 is 20.1 Å². The third kappa shape index (κ3) is 3.91. The fraction of sp³-hybridized carbons (Fsp3) is 0.227. The molecule has 0 saturated heterocycles. The Balaban J connectivity index is 1.43. The number of nitrogens with zero attached hydrogens (tertiary/aromatic N) is 3. The predicted molar refractivity (Wildman–Crippen MR) is 110 cm³/mol. The molecular weight excluding hydrogens is 439 g/mol.